The van der Waals surface area contributed by atoms with Gasteiger partial charge in [-0.1, -0.05) is 11.8 Å². The van der Waals surface area contributed by atoms with Gasteiger partial charge in [0, 0.05) is 30.6 Å². The zero-order chi connectivity index (χ0) is 23.2. The number of rotatable bonds is 9. The molecule has 1 aliphatic rings. The average molecular weight is 471 g/mol. The summed E-state index contributed by atoms with van der Waals surface area (Å²) >= 11 is 1.25. The Bertz CT molecular complexity index is 1130. The standard InChI is InChI=1S/C21H22N6O5S/c1-31-18-11-15(27(29)30)4-5-17(18)23-19(28)13-33-21-25-24-20(14-6-8-22-9-7-14)26(21)12-16-3-2-10-32-16/h4-9,11,16H,2-3,10,12-13H2,1H3,(H,23,28)/t16-/m0/s1. The molecule has 172 valence electrons. The lowest BCUT2D eigenvalue weighted by atomic mass is 10.2. The van der Waals surface area contributed by atoms with Crippen molar-refractivity contribution in [3.8, 4) is 17.1 Å². The molecule has 0 bridgehead atoms. The minimum atomic E-state index is -0.523. The number of pyridine rings is 1. The number of benzene rings is 1. The van der Waals surface area contributed by atoms with E-state index in [-0.39, 0.29) is 29.2 Å². The van der Waals surface area contributed by atoms with E-state index >= 15 is 0 Å². The smallest absolute Gasteiger partial charge is 0.273 e. The third-order valence-electron chi connectivity index (χ3n) is 5.07. The summed E-state index contributed by atoms with van der Waals surface area (Å²) < 4.78 is 12.9. The lowest BCUT2D eigenvalue weighted by Crippen LogP contribution is -2.18. The van der Waals surface area contributed by atoms with Gasteiger partial charge in [-0.15, -0.1) is 10.2 Å². The topological polar surface area (TPSA) is 134 Å². The van der Waals surface area contributed by atoms with Crippen LogP contribution in [0.4, 0.5) is 11.4 Å². The summed E-state index contributed by atoms with van der Waals surface area (Å²) in [4.78, 5) is 27.1. The zero-order valence-corrected chi connectivity index (χ0v) is 18.7. The van der Waals surface area contributed by atoms with Gasteiger partial charge in [0.1, 0.15) is 5.75 Å². The van der Waals surface area contributed by atoms with E-state index in [1.54, 1.807) is 12.4 Å². The van der Waals surface area contributed by atoms with Crippen LogP contribution in [0.1, 0.15) is 12.8 Å². The zero-order valence-electron chi connectivity index (χ0n) is 17.8. The van der Waals surface area contributed by atoms with Crippen LogP contribution >= 0.6 is 11.8 Å². The molecule has 0 spiro atoms. The Kier molecular flexibility index (Phi) is 7.15. The molecular formula is C21H22N6O5S. The summed E-state index contributed by atoms with van der Waals surface area (Å²) in [5, 5.41) is 22.9. The van der Waals surface area contributed by atoms with Gasteiger partial charge in [-0.2, -0.15) is 0 Å². The highest BCUT2D eigenvalue weighted by molar-refractivity contribution is 7.99. The Morgan fingerprint density at radius 3 is 2.85 bits per heavy atom. The molecule has 12 heteroatoms. The number of hydrogen-bond donors (Lipinski definition) is 1. The second-order valence-electron chi connectivity index (χ2n) is 7.27. The number of nitrogens with one attached hydrogen (secondary N) is 1. The van der Waals surface area contributed by atoms with E-state index in [2.05, 4.69) is 20.5 Å². The van der Waals surface area contributed by atoms with Crippen molar-refractivity contribution in [2.24, 2.45) is 0 Å². The fourth-order valence-electron chi connectivity index (χ4n) is 3.48. The van der Waals surface area contributed by atoms with Gasteiger partial charge in [-0.25, -0.2) is 0 Å². The highest BCUT2D eigenvalue weighted by atomic mass is 32.2. The number of nitrogens with zero attached hydrogens (tertiary/aromatic N) is 5. The van der Waals surface area contributed by atoms with Crippen LogP contribution in [-0.4, -0.2) is 56.2 Å². The Balaban J connectivity index is 1.48. The summed E-state index contributed by atoms with van der Waals surface area (Å²) in [6.07, 6.45) is 5.42. The molecule has 11 nitrogen and oxygen atoms in total. The van der Waals surface area contributed by atoms with Gasteiger partial charge >= 0.3 is 0 Å². The first kappa shape index (κ1) is 22.7. The predicted molar refractivity (Wildman–Crippen MR) is 121 cm³/mol. The molecule has 0 aliphatic carbocycles. The number of carbonyl (C=O) groups excluding carboxylic acids is 1. The number of ether oxygens (including phenoxy) is 2. The molecule has 0 saturated carbocycles. The first-order valence-corrected chi connectivity index (χ1v) is 11.2. The first-order chi connectivity index (χ1) is 16.0. The molecule has 1 saturated heterocycles. The molecule has 33 heavy (non-hydrogen) atoms. The van der Waals surface area contributed by atoms with Crippen LogP contribution in [0.25, 0.3) is 11.4 Å². The highest BCUT2D eigenvalue weighted by Crippen LogP contribution is 2.30. The summed E-state index contributed by atoms with van der Waals surface area (Å²) in [5.41, 5.74) is 1.11. The Morgan fingerprint density at radius 1 is 1.33 bits per heavy atom. The monoisotopic (exact) mass is 470 g/mol. The molecule has 1 atom stereocenters. The number of nitro groups is 1. The van der Waals surface area contributed by atoms with E-state index < -0.39 is 4.92 Å². The van der Waals surface area contributed by atoms with Crippen LogP contribution in [0.3, 0.4) is 0 Å². The average Bonchev–Trinajstić information content (AvgIpc) is 3.49. The maximum Gasteiger partial charge on any atom is 0.273 e. The van der Waals surface area contributed by atoms with Crippen LogP contribution in [-0.2, 0) is 16.1 Å². The van der Waals surface area contributed by atoms with E-state index in [4.69, 9.17) is 9.47 Å². The number of amides is 1. The van der Waals surface area contributed by atoms with Gasteiger partial charge in [0.2, 0.25) is 5.91 Å². The van der Waals surface area contributed by atoms with Crippen LogP contribution in [0, 0.1) is 10.1 Å². The minimum Gasteiger partial charge on any atom is -0.494 e. The molecule has 3 aromatic rings. The Labute approximate surface area is 193 Å². The molecule has 4 rings (SSSR count). The maximum absolute atomic E-state index is 12.6. The number of hydrogen-bond acceptors (Lipinski definition) is 9. The van der Waals surface area contributed by atoms with Crippen LogP contribution in [0.15, 0.2) is 47.9 Å². The predicted octanol–water partition coefficient (Wildman–Crippen LogP) is 3.17. The van der Waals surface area contributed by atoms with Crippen molar-refractivity contribution in [3.05, 3.63) is 52.8 Å². The van der Waals surface area contributed by atoms with Crippen molar-refractivity contribution < 1.29 is 19.2 Å². The van der Waals surface area contributed by atoms with E-state index in [1.165, 1.54) is 37.1 Å². The Morgan fingerprint density at radius 2 is 2.15 bits per heavy atom. The molecule has 1 aliphatic heterocycles. The second kappa shape index (κ2) is 10.4. The van der Waals surface area contributed by atoms with Crippen molar-refractivity contribution in [1.82, 2.24) is 19.7 Å². The lowest BCUT2D eigenvalue weighted by molar-refractivity contribution is -0.384. The molecule has 2 aromatic heterocycles. The maximum atomic E-state index is 12.6. The number of thioether (sulfide) groups is 1. The summed E-state index contributed by atoms with van der Waals surface area (Å²) in [6.45, 7) is 1.32. The molecule has 1 amide bonds. The van der Waals surface area contributed by atoms with Crippen molar-refractivity contribution in [2.75, 3.05) is 24.8 Å². The van der Waals surface area contributed by atoms with Gasteiger partial charge in [0.15, 0.2) is 11.0 Å². The number of carbonyl (C=O) groups is 1. The quantitative estimate of drug-likeness (QED) is 0.284. The lowest BCUT2D eigenvalue weighted by Gasteiger charge is -2.15. The third kappa shape index (κ3) is 5.46. The fraction of sp³-hybridized carbons (Fsp3) is 0.333. The summed E-state index contributed by atoms with van der Waals surface area (Å²) in [7, 11) is 1.39. The van der Waals surface area contributed by atoms with Crippen molar-refractivity contribution in [2.45, 2.75) is 30.6 Å². The van der Waals surface area contributed by atoms with E-state index in [0.717, 1.165) is 25.0 Å². The molecule has 1 aromatic carbocycles. The molecule has 3 heterocycles. The van der Waals surface area contributed by atoms with Crippen LogP contribution in [0.5, 0.6) is 5.75 Å². The summed E-state index contributed by atoms with van der Waals surface area (Å²) in [6, 6.07) is 7.74. The van der Waals surface area contributed by atoms with E-state index in [1.807, 2.05) is 16.7 Å². The third-order valence-corrected chi connectivity index (χ3v) is 6.03. The molecule has 0 unspecified atom stereocenters. The SMILES string of the molecule is COc1cc([N+](=O)[O-])ccc1NC(=O)CSc1nnc(-c2ccncc2)n1C[C@@H]1CCCO1. The number of methoxy groups -OCH3 is 1. The number of anilines is 1. The van der Waals surface area contributed by atoms with Gasteiger partial charge in [0.05, 0.1) is 42.2 Å². The van der Waals surface area contributed by atoms with E-state index in [0.29, 0.717) is 23.2 Å². The molecule has 1 N–H and O–H groups in total. The normalized spacial score (nSPS) is 15.4. The van der Waals surface area contributed by atoms with Gasteiger partial charge in [-0.3, -0.25) is 24.5 Å². The first-order valence-electron chi connectivity index (χ1n) is 10.3. The van der Waals surface area contributed by atoms with E-state index in [9.17, 15) is 14.9 Å². The van der Waals surface area contributed by atoms with Crippen molar-refractivity contribution >= 4 is 29.0 Å². The van der Waals surface area contributed by atoms with Gasteiger partial charge in [-0.05, 0) is 31.0 Å². The number of nitro benzene ring substituents is 1. The fourth-order valence-corrected chi connectivity index (χ4v) is 4.23. The molecule has 0 radical (unpaired) electrons. The van der Waals surface area contributed by atoms with Crippen molar-refractivity contribution in [1.29, 1.82) is 0 Å². The van der Waals surface area contributed by atoms with Crippen LogP contribution < -0.4 is 10.1 Å². The van der Waals surface area contributed by atoms with Gasteiger partial charge in [0.25, 0.3) is 5.69 Å². The van der Waals surface area contributed by atoms with Crippen molar-refractivity contribution in [3.63, 3.8) is 0 Å². The van der Waals surface area contributed by atoms with Gasteiger partial charge < -0.3 is 14.8 Å². The molecular weight excluding hydrogens is 448 g/mol. The largest absolute Gasteiger partial charge is 0.494 e. The number of non-ortho nitro benzene ring substituents is 1. The number of aromatic nitrogens is 4. The Hall–Kier alpha value is -3.51. The second-order valence-corrected chi connectivity index (χ2v) is 8.21. The minimum absolute atomic E-state index is 0.0686. The van der Waals surface area contributed by atoms with Crippen LogP contribution in [0.2, 0.25) is 0 Å². The molecule has 1 fully saturated rings. The highest BCUT2D eigenvalue weighted by Gasteiger charge is 2.22. The summed E-state index contributed by atoms with van der Waals surface area (Å²) in [5.74, 6) is 0.668.